The van der Waals surface area contributed by atoms with Crippen molar-refractivity contribution in [3.05, 3.63) is 35.1 Å². The number of halogens is 2. The van der Waals surface area contributed by atoms with Crippen molar-refractivity contribution in [3.63, 3.8) is 0 Å². The number of aromatic carboxylic acids is 1. The van der Waals surface area contributed by atoms with Crippen LogP contribution in [0.25, 0.3) is 0 Å². The van der Waals surface area contributed by atoms with E-state index >= 15 is 0 Å². The van der Waals surface area contributed by atoms with Gasteiger partial charge in [-0.2, -0.15) is 0 Å². The Bertz CT molecular complexity index is 396. The van der Waals surface area contributed by atoms with Crippen LogP contribution in [0.2, 0.25) is 0 Å². The second-order valence-corrected chi connectivity index (χ2v) is 3.52. The molecule has 0 radical (unpaired) electrons. The predicted octanol–water partition coefficient (Wildman–Crippen LogP) is 1.16. The summed E-state index contributed by atoms with van der Waals surface area (Å²) < 4.78 is 13.0. The lowest BCUT2D eigenvalue weighted by Gasteiger charge is -2.16. The summed E-state index contributed by atoms with van der Waals surface area (Å²) in [7, 11) is 0. The van der Waals surface area contributed by atoms with E-state index in [4.69, 9.17) is 16.7 Å². The highest BCUT2D eigenvalue weighted by atomic mass is 35.5. The van der Waals surface area contributed by atoms with Crippen LogP contribution in [-0.2, 0) is 0 Å². The van der Waals surface area contributed by atoms with Gasteiger partial charge in [0.15, 0.2) is 0 Å². The molecule has 0 heterocycles. The largest absolute Gasteiger partial charge is 0.478 e. The zero-order chi connectivity index (χ0) is 12.3. The number of hydrogen-bond donors (Lipinski definition) is 3. The molecule has 2 atom stereocenters. The summed E-state index contributed by atoms with van der Waals surface area (Å²) in [5.41, 5.74) is -0.453. The Hall–Kier alpha value is -1.17. The molecule has 0 amide bonds. The van der Waals surface area contributed by atoms with Gasteiger partial charge in [0.25, 0.3) is 0 Å². The summed E-state index contributed by atoms with van der Waals surface area (Å²) in [5.74, 6) is -2.54. The fourth-order valence-electron chi connectivity index (χ4n) is 1.20. The maximum absolute atomic E-state index is 13.0. The maximum atomic E-state index is 13.0. The van der Waals surface area contributed by atoms with E-state index in [1.807, 2.05) is 0 Å². The van der Waals surface area contributed by atoms with Gasteiger partial charge in [0.2, 0.25) is 0 Å². The molecule has 1 aromatic carbocycles. The highest BCUT2D eigenvalue weighted by Crippen LogP contribution is 2.20. The van der Waals surface area contributed by atoms with Gasteiger partial charge in [0.05, 0.1) is 17.5 Å². The molecule has 0 spiro atoms. The van der Waals surface area contributed by atoms with Crippen LogP contribution in [0.1, 0.15) is 22.0 Å². The van der Waals surface area contributed by atoms with Crippen molar-refractivity contribution < 1.29 is 24.5 Å². The Balaban J connectivity index is 3.07. The molecule has 0 saturated carbocycles. The third-order valence-electron chi connectivity index (χ3n) is 2.08. The van der Waals surface area contributed by atoms with Gasteiger partial charge in [-0.05, 0) is 17.7 Å². The minimum atomic E-state index is -1.44. The quantitative estimate of drug-likeness (QED) is 0.699. The van der Waals surface area contributed by atoms with Gasteiger partial charge < -0.3 is 15.3 Å². The average Bonchev–Trinajstić information content (AvgIpc) is 2.27. The van der Waals surface area contributed by atoms with Crippen molar-refractivity contribution in [3.8, 4) is 0 Å². The van der Waals surface area contributed by atoms with E-state index in [-0.39, 0.29) is 11.4 Å². The zero-order valence-corrected chi connectivity index (χ0v) is 8.86. The Morgan fingerprint density at radius 3 is 2.56 bits per heavy atom. The molecule has 1 rings (SSSR count). The summed E-state index contributed by atoms with van der Waals surface area (Å²) in [4.78, 5) is 10.6. The predicted molar refractivity (Wildman–Crippen MR) is 55.0 cm³/mol. The highest BCUT2D eigenvalue weighted by Gasteiger charge is 2.20. The second kappa shape index (κ2) is 5.25. The lowest BCUT2D eigenvalue weighted by molar-refractivity contribution is 0.0325. The number of hydrogen-bond acceptors (Lipinski definition) is 3. The van der Waals surface area contributed by atoms with Gasteiger partial charge in [-0.25, -0.2) is 9.18 Å². The summed E-state index contributed by atoms with van der Waals surface area (Å²) in [6.45, 7) is 0. The first kappa shape index (κ1) is 12.9. The number of benzene rings is 1. The monoisotopic (exact) mass is 248 g/mol. The Kier molecular flexibility index (Phi) is 4.23. The smallest absolute Gasteiger partial charge is 0.338 e. The van der Waals surface area contributed by atoms with Crippen molar-refractivity contribution in [1.82, 2.24) is 0 Å². The number of carboxylic acid groups (broad SMARTS) is 1. The van der Waals surface area contributed by atoms with E-state index < -0.39 is 29.6 Å². The minimum absolute atomic E-state index is 0.104. The third kappa shape index (κ3) is 2.69. The first-order chi connectivity index (χ1) is 7.47. The van der Waals surface area contributed by atoms with Gasteiger partial charge in [-0.15, -0.1) is 11.6 Å². The lowest BCUT2D eigenvalue weighted by atomic mass is 10.0. The molecule has 0 aromatic heterocycles. The molecule has 3 N–H and O–H groups in total. The normalized spacial score (nSPS) is 14.5. The van der Waals surface area contributed by atoms with Gasteiger partial charge in [-0.1, -0.05) is 6.07 Å². The lowest BCUT2D eigenvalue weighted by Crippen LogP contribution is -2.20. The Morgan fingerprint density at radius 1 is 1.44 bits per heavy atom. The van der Waals surface area contributed by atoms with Crippen LogP contribution in [0.15, 0.2) is 18.2 Å². The maximum Gasteiger partial charge on any atom is 0.338 e. The number of aliphatic hydroxyl groups excluding tert-OH is 2. The molecule has 4 nitrogen and oxygen atoms in total. The van der Waals surface area contributed by atoms with Gasteiger partial charge >= 0.3 is 5.97 Å². The van der Waals surface area contributed by atoms with Crippen LogP contribution in [-0.4, -0.2) is 33.3 Å². The summed E-state index contributed by atoms with van der Waals surface area (Å²) >= 11 is 5.33. The van der Waals surface area contributed by atoms with Crippen LogP contribution in [0.3, 0.4) is 0 Å². The molecule has 0 aliphatic carbocycles. The second-order valence-electron chi connectivity index (χ2n) is 3.21. The molecule has 1 aromatic rings. The van der Waals surface area contributed by atoms with E-state index in [2.05, 4.69) is 0 Å². The van der Waals surface area contributed by atoms with Gasteiger partial charge in [0, 0.05) is 0 Å². The number of alkyl halides is 1. The molecule has 0 aliphatic heterocycles. The molecule has 16 heavy (non-hydrogen) atoms. The fraction of sp³-hybridized carbons (Fsp3) is 0.300. The van der Waals surface area contributed by atoms with Crippen molar-refractivity contribution in [1.29, 1.82) is 0 Å². The van der Waals surface area contributed by atoms with Crippen LogP contribution in [0.5, 0.6) is 0 Å². The molecular weight excluding hydrogens is 239 g/mol. The molecule has 0 saturated heterocycles. The van der Waals surface area contributed by atoms with Crippen molar-refractivity contribution >= 4 is 17.6 Å². The zero-order valence-electron chi connectivity index (χ0n) is 8.10. The highest BCUT2D eigenvalue weighted by molar-refractivity contribution is 6.18. The summed E-state index contributed by atoms with van der Waals surface area (Å²) in [5, 5.41) is 27.4. The molecule has 88 valence electrons. The Labute approximate surface area is 95.9 Å². The molecule has 6 heteroatoms. The van der Waals surface area contributed by atoms with Gasteiger partial charge in [-0.3, -0.25) is 0 Å². The van der Waals surface area contributed by atoms with E-state index in [0.717, 1.165) is 12.1 Å². The van der Waals surface area contributed by atoms with Crippen LogP contribution < -0.4 is 0 Å². The number of carboxylic acids is 1. The minimum Gasteiger partial charge on any atom is -0.478 e. The summed E-state index contributed by atoms with van der Waals surface area (Å²) in [6, 6.07) is 3.09. The van der Waals surface area contributed by atoms with Crippen molar-refractivity contribution in [2.75, 3.05) is 5.88 Å². The topological polar surface area (TPSA) is 77.8 Å². The van der Waals surface area contributed by atoms with Crippen LogP contribution in [0.4, 0.5) is 4.39 Å². The first-order valence-electron chi connectivity index (χ1n) is 4.42. The number of aliphatic hydroxyl groups is 2. The van der Waals surface area contributed by atoms with E-state index in [1.165, 1.54) is 6.07 Å². The SMILES string of the molecule is O=C(O)c1cc(C(O)C(O)CCl)ccc1F. The van der Waals surface area contributed by atoms with Crippen LogP contribution in [0, 0.1) is 5.82 Å². The standard InChI is InChI=1S/C10H10ClFO4/c11-4-8(13)9(14)5-1-2-7(12)6(3-5)10(15)16/h1-3,8-9,13-14H,4H2,(H,15,16). The molecule has 2 unspecified atom stereocenters. The van der Waals surface area contributed by atoms with Crippen molar-refractivity contribution in [2.24, 2.45) is 0 Å². The molecule has 0 aliphatic rings. The average molecular weight is 249 g/mol. The third-order valence-corrected chi connectivity index (χ3v) is 2.40. The summed E-state index contributed by atoms with van der Waals surface area (Å²) in [6.07, 6.45) is -2.56. The molecule has 0 fully saturated rings. The van der Waals surface area contributed by atoms with E-state index in [0.29, 0.717) is 0 Å². The number of carbonyl (C=O) groups is 1. The van der Waals surface area contributed by atoms with Crippen molar-refractivity contribution in [2.45, 2.75) is 12.2 Å². The van der Waals surface area contributed by atoms with Crippen LogP contribution >= 0.6 is 11.6 Å². The molecule has 0 bridgehead atoms. The van der Waals surface area contributed by atoms with E-state index in [1.54, 1.807) is 0 Å². The first-order valence-corrected chi connectivity index (χ1v) is 4.95. The number of rotatable bonds is 4. The van der Waals surface area contributed by atoms with Gasteiger partial charge in [0.1, 0.15) is 11.9 Å². The van der Waals surface area contributed by atoms with E-state index in [9.17, 15) is 19.4 Å². The molecular formula is C10H10ClFO4. The Morgan fingerprint density at radius 2 is 2.06 bits per heavy atom. The fourth-order valence-corrected chi connectivity index (χ4v) is 1.37.